The predicted octanol–water partition coefficient (Wildman–Crippen LogP) is 3.38. The smallest absolute Gasteiger partial charge is 0.263 e. The summed E-state index contributed by atoms with van der Waals surface area (Å²) in [4.78, 5) is 20.8. The predicted molar refractivity (Wildman–Crippen MR) is 151 cm³/mol. The summed E-state index contributed by atoms with van der Waals surface area (Å²) in [5.74, 6) is 0.200. The molecule has 0 aliphatic heterocycles. The number of fused-ring (bicyclic) bond motifs is 1. The number of hydrogen-bond donors (Lipinski definition) is 3. The lowest BCUT2D eigenvalue weighted by atomic mass is 9.98. The van der Waals surface area contributed by atoms with Crippen molar-refractivity contribution < 1.29 is 8.42 Å². The summed E-state index contributed by atoms with van der Waals surface area (Å²) in [7, 11) is -3.84. The maximum absolute atomic E-state index is 13.6. The van der Waals surface area contributed by atoms with Gasteiger partial charge in [0.05, 0.1) is 16.5 Å². The highest BCUT2D eigenvalue weighted by molar-refractivity contribution is 7.89. The average molecular weight is 540 g/mol. The number of primary sulfonamides is 1. The van der Waals surface area contributed by atoms with E-state index in [1.54, 1.807) is 16.7 Å². The van der Waals surface area contributed by atoms with Gasteiger partial charge >= 0.3 is 0 Å². The third-order valence-corrected chi connectivity index (χ3v) is 6.84. The zero-order chi connectivity index (χ0) is 28.2. The molecule has 6 N–H and O–H groups in total. The Morgan fingerprint density at radius 2 is 1.69 bits per heavy atom. The van der Waals surface area contributed by atoms with E-state index in [-0.39, 0.29) is 27.8 Å². The second-order valence-electron chi connectivity index (χ2n) is 8.45. The summed E-state index contributed by atoms with van der Waals surface area (Å²) < 4.78 is 25.3. The Bertz CT molecular complexity index is 1880. The summed E-state index contributed by atoms with van der Waals surface area (Å²) in [5, 5.41) is 15.0. The van der Waals surface area contributed by atoms with Crippen LogP contribution in [0.5, 0.6) is 0 Å². The van der Waals surface area contributed by atoms with Crippen LogP contribution in [-0.2, 0) is 16.4 Å². The molecule has 39 heavy (non-hydrogen) atoms. The maximum Gasteiger partial charge on any atom is 0.263 e. The van der Waals surface area contributed by atoms with E-state index in [2.05, 4.69) is 9.97 Å². The van der Waals surface area contributed by atoms with Crippen LogP contribution in [0, 0.1) is 11.3 Å². The number of pyridine rings is 1. The molecule has 10 nitrogen and oxygen atoms in total. The van der Waals surface area contributed by atoms with Crippen LogP contribution < -0.4 is 22.2 Å². The van der Waals surface area contributed by atoms with Crippen molar-refractivity contribution in [1.82, 2.24) is 14.5 Å². The molecule has 0 spiro atoms. The molecule has 2 aromatic heterocycles. The number of benzene rings is 3. The average Bonchev–Trinajstić information content (AvgIpc) is 2.93. The molecule has 5 aromatic rings. The Morgan fingerprint density at radius 1 is 0.974 bits per heavy atom. The third kappa shape index (κ3) is 5.77. The van der Waals surface area contributed by atoms with Crippen molar-refractivity contribution in [2.75, 3.05) is 11.5 Å². The van der Waals surface area contributed by atoms with Gasteiger partial charge in [0.2, 0.25) is 16.0 Å². The number of para-hydroxylation sites is 1. The Morgan fingerprint density at radius 3 is 2.33 bits per heavy atom. The minimum atomic E-state index is -3.84. The van der Waals surface area contributed by atoms with Crippen molar-refractivity contribution in [3.05, 3.63) is 107 Å². The van der Waals surface area contributed by atoms with E-state index in [1.165, 1.54) is 18.3 Å². The Kier molecular flexibility index (Phi) is 7.71. The highest BCUT2D eigenvalue weighted by atomic mass is 32.2. The van der Waals surface area contributed by atoms with Crippen LogP contribution in [-0.4, -0.2) is 23.0 Å². The van der Waals surface area contributed by atoms with Gasteiger partial charge < -0.3 is 11.5 Å². The third-order valence-electron chi connectivity index (χ3n) is 5.93. The number of anilines is 2. The van der Waals surface area contributed by atoms with Crippen LogP contribution in [0.15, 0.2) is 94.7 Å². The molecule has 196 valence electrons. The van der Waals surface area contributed by atoms with Crippen LogP contribution in [0.3, 0.4) is 0 Å². The Labute approximate surface area is 225 Å². The molecule has 5 rings (SSSR count). The van der Waals surface area contributed by atoms with E-state index in [0.717, 1.165) is 16.8 Å². The summed E-state index contributed by atoms with van der Waals surface area (Å²) in [6.07, 6.45) is 1.99. The second-order valence-corrected chi connectivity index (χ2v) is 10.0. The van der Waals surface area contributed by atoms with E-state index in [4.69, 9.17) is 21.9 Å². The largest absolute Gasteiger partial charge is 0.382 e. The number of hydrogen-bond acceptors (Lipinski definition) is 8. The molecule has 2 heterocycles. The number of nitrogens with zero attached hydrogens (tertiary/aromatic N) is 4. The molecule has 11 heteroatoms. The fraction of sp³-hybridized carbons (Fsp3) is 0.0714. The van der Waals surface area contributed by atoms with Gasteiger partial charge in [0.25, 0.3) is 5.56 Å². The number of aryl methyl sites for hydroxylation is 1. The quantitative estimate of drug-likeness (QED) is 0.310. The van der Waals surface area contributed by atoms with Crippen molar-refractivity contribution in [3.8, 4) is 22.9 Å². The molecule has 0 saturated carbocycles. The standard InChI is InChI=1S/C23H20N2O3S.C5H5N5/c1-2-18-14-17-9-7-13-21(16-8-6-12-20(15-16)29(24,27)28)22(17)23(26)25(18)19-10-4-3-5-11-19;6-1-3-2-9-5(8)10-4(3)7/h3-15H,2H2,1H3,(H2,24,27,28);2H,(H4,7,8,9,10). The number of rotatable bonds is 4. The van der Waals surface area contributed by atoms with Crippen molar-refractivity contribution >= 4 is 32.6 Å². The van der Waals surface area contributed by atoms with Gasteiger partial charge in [-0.05, 0) is 53.3 Å². The van der Waals surface area contributed by atoms with E-state index in [9.17, 15) is 13.2 Å². The van der Waals surface area contributed by atoms with Gasteiger partial charge in [-0.3, -0.25) is 9.36 Å². The zero-order valence-electron chi connectivity index (χ0n) is 20.9. The number of nitriles is 1. The molecule has 3 aromatic carbocycles. The van der Waals surface area contributed by atoms with E-state index in [0.29, 0.717) is 22.9 Å². The molecular weight excluding hydrogens is 514 g/mol. The lowest BCUT2D eigenvalue weighted by Gasteiger charge is -2.15. The zero-order valence-corrected chi connectivity index (χ0v) is 21.8. The highest BCUT2D eigenvalue weighted by Gasteiger charge is 2.16. The highest BCUT2D eigenvalue weighted by Crippen LogP contribution is 2.29. The van der Waals surface area contributed by atoms with Gasteiger partial charge in [0, 0.05) is 11.4 Å². The lowest BCUT2D eigenvalue weighted by molar-refractivity contribution is 0.598. The van der Waals surface area contributed by atoms with Crippen molar-refractivity contribution in [3.63, 3.8) is 0 Å². The maximum atomic E-state index is 13.6. The van der Waals surface area contributed by atoms with Gasteiger partial charge in [0.15, 0.2) is 0 Å². The first-order chi connectivity index (χ1) is 18.6. The first kappa shape index (κ1) is 27.0. The fourth-order valence-electron chi connectivity index (χ4n) is 4.11. The van der Waals surface area contributed by atoms with Crippen LogP contribution in [0.2, 0.25) is 0 Å². The fourth-order valence-corrected chi connectivity index (χ4v) is 4.67. The van der Waals surface area contributed by atoms with Gasteiger partial charge in [-0.1, -0.05) is 55.5 Å². The van der Waals surface area contributed by atoms with Gasteiger partial charge in [-0.2, -0.15) is 10.2 Å². The van der Waals surface area contributed by atoms with Crippen LogP contribution in [0.1, 0.15) is 18.2 Å². The summed E-state index contributed by atoms with van der Waals surface area (Å²) in [5.41, 5.74) is 13.6. The molecule has 0 saturated heterocycles. The Balaban J connectivity index is 0.000000298. The van der Waals surface area contributed by atoms with E-state index in [1.807, 2.05) is 67.6 Å². The molecule has 0 bridgehead atoms. The number of nitrogen functional groups attached to an aromatic ring is 2. The minimum Gasteiger partial charge on any atom is -0.382 e. The first-order valence-corrected chi connectivity index (χ1v) is 13.3. The van der Waals surface area contributed by atoms with Crippen LogP contribution in [0.25, 0.3) is 27.6 Å². The molecule has 0 unspecified atom stereocenters. The van der Waals surface area contributed by atoms with Crippen molar-refractivity contribution in [2.45, 2.75) is 18.2 Å². The second kappa shape index (κ2) is 11.1. The molecule has 0 radical (unpaired) electrons. The van der Waals surface area contributed by atoms with Crippen LogP contribution in [0.4, 0.5) is 11.8 Å². The number of sulfonamides is 1. The molecule has 0 amide bonds. The topological polar surface area (TPSA) is 184 Å². The van der Waals surface area contributed by atoms with Crippen molar-refractivity contribution in [1.29, 1.82) is 5.26 Å². The van der Waals surface area contributed by atoms with Gasteiger partial charge in [-0.25, -0.2) is 18.5 Å². The first-order valence-electron chi connectivity index (χ1n) is 11.8. The number of nitrogens with two attached hydrogens (primary N) is 3. The van der Waals surface area contributed by atoms with E-state index >= 15 is 0 Å². The lowest BCUT2D eigenvalue weighted by Crippen LogP contribution is -2.22. The normalized spacial score (nSPS) is 10.9. The Hall–Kier alpha value is -5.05. The SMILES string of the molecule is CCc1cc2cccc(-c3cccc(S(N)(=O)=O)c3)c2c(=O)n1-c1ccccc1.N#Cc1cnc(N)nc1N. The summed E-state index contributed by atoms with van der Waals surface area (Å²) in [6, 6.07) is 25.3. The van der Waals surface area contributed by atoms with Crippen molar-refractivity contribution in [2.24, 2.45) is 5.14 Å². The van der Waals surface area contributed by atoms with E-state index < -0.39 is 10.0 Å². The van der Waals surface area contributed by atoms with Gasteiger partial charge in [0.1, 0.15) is 17.5 Å². The molecule has 0 atom stereocenters. The summed E-state index contributed by atoms with van der Waals surface area (Å²) in [6.45, 7) is 2.01. The minimum absolute atomic E-state index is 0.0144. The summed E-state index contributed by atoms with van der Waals surface area (Å²) >= 11 is 0. The monoisotopic (exact) mass is 539 g/mol. The molecule has 0 fully saturated rings. The molecule has 0 aliphatic rings. The van der Waals surface area contributed by atoms with Crippen LogP contribution >= 0.6 is 0 Å². The number of aromatic nitrogens is 3. The molecule has 0 aliphatic carbocycles. The molecular formula is C28H25N7O3S. The van der Waals surface area contributed by atoms with Gasteiger partial charge in [-0.15, -0.1) is 0 Å².